The number of fused-ring (bicyclic) bond motifs is 3. The maximum absolute atomic E-state index is 13.7. The van der Waals surface area contributed by atoms with E-state index in [1.807, 2.05) is 42.5 Å². The van der Waals surface area contributed by atoms with Gasteiger partial charge in [-0.25, -0.2) is 0 Å². The van der Waals surface area contributed by atoms with Crippen LogP contribution in [0.5, 0.6) is 0 Å². The lowest BCUT2D eigenvalue weighted by atomic mass is 9.96. The quantitative estimate of drug-likeness (QED) is 0.254. The van der Waals surface area contributed by atoms with Crippen molar-refractivity contribution in [2.45, 2.75) is 6.18 Å². The first kappa shape index (κ1) is 21.2. The number of furan rings is 1. The van der Waals surface area contributed by atoms with E-state index in [9.17, 15) is 13.2 Å². The first-order valence-corrected chi connectivity index (χ1v) is 11.3. The molecule has 35 heavy (non-hydrogen) atoms. The molecule has 1 heterocycles. The number of rotatable bonds is 3. The molecule has 0 bridgehead atoms. The summed E-state index contributed by atoms with van der Waals surface area (Å²) in [4.78, 5) is 0. The molecule has 0 aliphatic heterocycles. The van der Waals surface area contributed by atoms with Crippen LogP contribution in [0.3, 0.4) is 0 Å². The third-order valence-electron chi connectivity index (χ3n) is 6.32. The molecule has 1 aromatic heterocycles. The van der Waals surface area contributed by atoms with Crippen molar-refractivity contribution in [1.82, 2.24) is 0 Å². The fraction of sp³-hybridized carbons (Fsp3) is 0.0323. The molecular formula is C31H19F3O. The molecule has 0 radical (unpaired) electrons. The highest BCUT2D eigenvalue weighted by atomic mass is 19.4. The van der Waals surface area contributed by atoms with E-state index in [0.29, 0.717) is 11.0 Å². The smallest absolute Gasteiger partial charge is 0.417 e. The van der Waals surface area contributed by atoms with Gasteiger partial charge in [-0.2, -0.15) is 13.2 Å². The Morgan fingerprint density at radius 3 is 1.71 bits per heavy atom. The Bertz CT molecular complexity index is 1660. The van der Waals surface area contributed by atoms with E-state index in [0.717, 1.165) is 39.4 Å². The molecule has 0 fully saturated rings. The Morgan fingerprint density at radius 1 is 0.457 bits per heavy atom. The van der Waals surface area contributed by atoms with Gasteiger partial charge >= 0.3 is 6.18 Å². The van der Waals surface area contributed by atoms with Crippen molar-refractivity contribution in [2.24, 2.45) is 0 Å². The van der Waals surface area contributed by atoms with Crippen molar-refractivity contribution in [2.75, 3.05) is 0 Å². The minimum Gasteiger partial charge on any atom is -0.456 e. The van der Waals surface area contributed by atoms with Crippen LogP contribution in [0.1, 0.15) is 5.56 Å². The lowest BCUT2D eigenvalue weighted by Crippen LogP contribution is -2.04. The zero-order valence-corrected chi connectivity index (χ0v) is 18.5. The predicted octanol–water partition coefficient (Wildman–Crippen LogP) is 9.61. The summed E-state index contributed by atoms with van der Waals surface area (Å²) in [6.45, 7) is 0. The molecule has 0 spiro atoms. The Hall–Kier alpha value is -4.31. The van der Waals surface area contributed by atoms with E-state index in [1.165, 1.54) is 6.07 Å². The van der Waals surface area contributed by atoms with E-state index >= 15 is 0 Å². The van der Waals surface area contributed by atoms with Crippen LogP contribution in [0.4, 0.5) is 13.2 Å². The Kier molecular flexibility index (Phi) is 4.96. The van der Waals surface area contributed by atoms with Crippen molar-refractivity contribution in [3.05, 3.63) is 121 Å². The summed E-state index contributed by atoms with van der Waals surface area (Å²) in [5.74, 6) is 0. The largest absolute Gasteiger partial charge is 0.456 e. The Labute approximate surface area is 200 Å². The van der Waals surface area contributed by atoms with Crippen molar-refractivity contribution in [3.63, 3.8) is 0 Å². The molecule has 6 aromatic rings. The summed E-state index contributed by atoms with van der Waals surface area (Å²) in [5.41, 5.74) is 6.16. The second kappa shape index (κ2) is 8.17. The second-order valence-electron chi connectivity index (χ2n) is 8.51. The molecule has 5 aromatic carbocycles. The van der Waals surface area contributed by atoms with E-state index in [2.05, 4.69) is 42.5 Å². The van der Waals surface area contributed by atoms with Crippen molar-refractivity contribution in [3.8, 4) is 33.4 Å². The van der Waals surface area contributed by atoms with Crippen LogP contribution in [0.15, 0.2) is 120 Å². The van der Waals surface area contributed by atoms with E-state index in [1.54, 1.807) is 18.2 Å². The normalized spacial score (nSPS) is 11.9. The standard InChI is InChI=1S/C31H19F3O/c32-31(33,34)27-10-5-11-29-30(27)26-19-25(16-17-28(26)35-29)24-9-4-8-23(18-24)22-14-12-21(13-15-22)20-6-2-1-3-7-20/h1-19H. The monoisotopic (exact) mass is 464 g/mol. The SMILES string of the molecule is FC(F)(F)c1cccc2oc3ccc(-c4cccc(-c5ccc(-c6ccccc6)cc5)c4)cc3c12. The highest BCUT2D eigenvalue weighted by Gasteiger charge is 2.34. The summed E-state index contributed by atoms with van der Waals surface area (Å²) in [5, 5.41) is 0.563. The molecule has 0 saturated carbocycles. The van der Waals surface area contributed by atoms with Gasteiger partial charge in [-0.15, -0.1) is 0 Å². The second-order valence-corrected chi connectivity index (χ2v) is 8.51. The summed E-state index contributed by atoms with van der Waals surface area (Å²) in [6.07, 6.45) is -4.46. The van der Waals surface area contributed by atoms with Crippen molar-refractivity contribution < 1.29 is 17.6 Å². The number of alkyl halides is 3. The number of benzene rings is 5. The van der Waals surface area contributed by atoms with Crippen molar-refractivity contribution >= 4 is 21.9 Å². The van der Waals surface area contributed by atoms with Crippen LogP contribution in [-0.4, -0.2) is 0 Å². The van der Waals surface area contributed by atoms with Crippen LogP contribution in [0.25, 0.3) is 55.3 Å². The van der Waals surface area contributed by atoms with Crippen molar-refractivity contribution in [1.29, 1.82) is 0 Å². The number of halogens is 3. The lowest BCUT2D eigenvalue weighted by molar-refractivity contribution is -0.136. The van der Waals surface area contributed by atoms with Crippen LogP contribution < -0.4 is 0 Å². The third kappa shape index (κ3) is 3.87. The molecule has 4 heteroatoms. The van der Waals surface area contributed by atoms with Crippen LogP contribution in [0, 0.1) is 0 Å². The minimum atomic E-state index is -4.46. The van der Waals surface area contributed by atoms with Gasteiger partial charge in [0, 0.05) is 10.8 Å². The van der Waals surface area contributed by atoms with E-state index in [4.69, 9.17) is 4.42 Å². The summed E-state index contributed by atoms with van der Waals surface area (Å²) in [7, 11) is 0. The average Bonchev–Trinajstić information content (AvgIpc) is 3.27. The highest BCUT2D eigenvalue weighted by molar-refractivity contribution is 6.08. The number of hydrogen-bond acceptors (Lipinski definition) is 1. The Morgan fingerprint density at radius 2 is 1.00 bits per heavy atom. The molecule has 0 amide bonds. The lowest BCUT2D eigenvalue weighted by Gasteiger charge is -2.09. The maximum Gasteiger partial charge on any atom is 0.417 e. The van der Waals surface area contributed by atoms with Gasteiger partial charge in [-0.3, -0.25) is 0 Å². The molecular weight excluding hydrogens is 445 g/mol. The summed E-state index contributed by atoms with van der Waals surface area (Å²) in [6, 6.07) is 36.1. The Balaban J connectivity index is 1.41. The highest BCUT2D eigenvalue weighted by Crippen LogP contribution is 2.41. The van der Waals surface area contributed by atoms with Gasteiger partial charge in [0.05, 0.1) is 5.56 Å². The average molecular weight is 464 g/mol. The molecule has 170 valence electrons. The fourth-order valence-electron chi connectivity index (χ4n) is 4.61. The van der Waals surface area contributed by atoms with Crippen LogP contribution in [0.2, 0.25) is 0 Å². The van der Waals surface area contributed by atoms with E-state index < -0.39 is 11.7 Å². The molecule has 0 atom stereocenters. The first-order valence-electron chi connectivity index (χ1n) is 11.3. The van der Waals surface area contributed by atoms with Gasteiger partial charge in [0.1, 0.15) is 11.2 Å². The summed E-state index contributed by atoms with van der Waals surface area (Å²) >= 11 is 0. The fourth-order valence-corrected chi connectivity index (χ4v) is 4.61. The summed E-state index contributed by atoms with van der Waals surface area (Å²) < 4.78 is 46.8. The van der Waals surface area contributed by atoms with Gasteiger partial charge in [-0.1, -0.05) is 84.9 Å². The zero-order chi connectivity index (χ0) is 24.0. The minimum absolute atomic E-state index is 0.101. The van der Waals surface area contributed by atoms with E-state index in [-0.39, 0.29) is 11.0 Å². The zero-order valence-electron chi connectivity index (χ0n) is 18.5. The first-order chi connectivity index (χ1) is 17.0. The molecule has 0 unspecified atom stereocenters. The van der Waals surface area contributed by atoms with Gasteiger partial charge in [0.2, 0.25) is 0 Å². The van der Waals surface area contributed by atoms with Crippen LogP contribution >= 0.6 is 0 Å². The maximum atomic E-state index is 13.7. The molecule has 6 rings (SSSR count). The van der Waals surface area contributed by atoms with Crippen LogP contribution in [-0.2, 0) is 6.18 Å². The molecule has 0 saturated heterocycles. The molecule has 1 nitrogen and oxygen atoms in total. The third-order valence-corrected chi connectivity index (χ3v) is 6.32. The molecule has 0 aliphatic carbocycles. The van der Waals surface area contributed by atoms with Gasteiger partial charge in [-0.05, 0) is 63.7 Å². The van der Waals surface area contributed by atoms with Gasteiger partial charge in [0.15, 0.2) is 0 Å². The molecule has 0 aliphatic rings. The van der Waals surface area contributed by atoms with Gasteiger partial charge in [0.25, 0.3) is 0 Å². The predicted molar refractivity (Wildman–Crippen MR) is 135 cm³/mol. The van der Waals surface area contributed by atoms with Gasteiger partial charge < -0.3 is 4.42 Å². The number of hydrogen-bond donors (Lipinski definition) is 0. The topological polar surface area (TPSA) is 13.1 Å². The molecule has 0 N–H and O–H groups in total.